The minimum atomic E-state index is -0.114. The average molecular weight is 1020 g/mol. The van der Waals surface area contributed by atoms with Crippen LogP contribution in [-0.4, -0.2) is 29.1 Å². The molecule has 386 valence electrons. The summed E-state index contributed by atoms with van der Waals surface area (Å²) >= 11 is 0. The lowest BCUT2D eigenvalue weighted by Gasteiger charge is -2.26. The molecule has 0 aliphatic rings. The molecular weight excluding hydrogens is 949 g/mol. The van der Waals surface area contributed by atoms with Crippen molar-refractivity contribution in [2.24, 2.45) is 0 Å². The highest BCUT2D eigenvalue weighted by atomic mass is 15.0. The summed E-state index contributed by atoms with van der Waals surface area (Å²) in [6.45, 7) is 27.4. The predicted octanol–water partition coefficient (Wildman–Crippen LogP) is 19.0. The highest BCUT2D eigenvalue weighted by Crippen LogP contribution is 2.44. The first-order valence-electron chi connectivity index (χ1n) is 27.4. The Labute approximate surface area is 459 Å². The normalized spacial score (nSPS) is 12.6. The quantitative estimate of drug-likeness (QED) is 0.160. The number of hydrogen-bond donors (Lipinski definition) is 0. The minimum absolute atomic E-state index is 0.114. The van der Waals surface area contributed by atoms with Gasteiger partial charge in [-0.3, -0.25) is 4.98 Å². The lowest BCUT2D eigenvalue weighted by atomic mass is 9.79. The summed E-state index contributed by atoms with van der Waals surface area (Å²) in [7, 11) is 0. The summed E-state index contributed by atoms with van der Waals surface area (Å²) < 4.78 is 4.82. The van der Waals surface area contributed by atoms with E-state index in [9.17, 15) is 0 Å². The van der Waals surface area contributed by atoms with Gasteiger partial charge in [-0.1, -0.05) is 186 Å². The molecule has 0 saturated heterocycles. The fourth-order valence-electron chi connectivity index (χ4n) is 11.1. The number of benzene rings is 8. The lowest BCUT2D eigenvalue weighted by Crippen LogP contribution is -2.17. The first-order chi connectivity index (χ1) is 37.2. The Morgan fingerprint density at radius 2 is 0.705 bits per heavy atom. The Morgan fingerprint density at radius 1 is 0.295 bits per heavy atom. The van der Waals surface area contributed by atoms with Crippen LogP contribution in [0.1, 0.15) is 105 Å². The number of hydrogen-bond acceptors (Lipinski definition) is 4. The molecule has 78 heavy (non-hydrogen) atoms. The molecule has 0 aliphatic carbocycles. The second kappa shape index (κ2) is 18.6. The SMILES string of the molecule is CC(C)(C)c1cc(-c2nc(-c3cc(C(C)(C)C)cc(C(C)(C)C)c3)nc(-c3ccc(-n4c5ccccc5c5cc(-c6ccccc6)ccc54)c(-c4ccncc4-n4c5ccccc5c5ccccc54)c3)n2)cc(C(C)(C)C)c1. The molecule has 4 heterocycles. The highest BCUT2D eigenvalue weighted by Gasteiger charge is 2.27. The van der Waals surface area contributed by atoms with Gasteiger partial charge in [-0.15, -0.1) is 0 Å². The lowest BCUT2D eigenvalue weighted by molar-refractivity contribution is 0.568. The van der Waals surface area contributed by atoms with E-state index in [0.717, 1.165) is 61.3 Å². The maximum Gasteiger partial charge on any atom is 0.164 e. The zero-order valence-corrected chi connectivity index (χ0v) is 47.2. The van der Waals surface area contributed by atoms with Gasteiger partial charge in [-0.2, -0.15) is 0 Å². The molecule has 0 N–H and O–H groups in total. The summed E-state index contributed by atoms with van der Waals surface area (Å²) in [5.41, 5.74) is 18.2. The third-order valence-electron chi connectivity index (χ3n) is 15.7. The zero-order valence-electron chi connectivity index (χ0n) is 47.2. The molecule has 0 fully saturated rings. The molecule has 0 bridgehead atoms. The first kappa shape index (κ1) is 50.3. The number of aromatic nitrogens is 6. The van der Waals surface area contributed by atoms with Crippen LogP contribution < -0.4 is 0 Å². The van der Waals surface area contributed by atoms with Crippen molar-refractivity contribution in [3.8, 4) is 67.8 Å². The summed E-state index contributed by atoms with van der Waals surface area (Å²) in [6, 6.07) is 66.6. The van der Waals surface area contributed by atoms with E-state index in [4.69, 9.17) is 19.9 Å². The number of nitrogens with zero attached hydrogens (tertiary/aromatic N) is 6. The summed E-state index contributed by atoms with van der Waals surface area (Å²) in [6.07, 6.45) is 3.94. The fourth-order valence-corrected chi connectivity index (χ4v) is 11.1. The second-order valence-corrected chi connectivity index (χ2v) is 25.3. The van der Waals surface area contributed by atoms with Gasteiger partial charge in [-0.05, 0) is 134 Å². The van der Waals surface area contributed by atoms with Crippen molar-refractivity contribution in [1.82, 2.24) is 29.1 Å². The van der Waals surface area contributed by atoms with Crippen LogP contribution in [0.15, 0.2) is 194 Å². The van der Waals surface area contributed by atoms with E-state index in [1.54, 1.807) is 0 Å². The number of rotatable bonds is 7. The highest BCUT2D eigenvalue weighted by molar-refractivity contribution is 6.12. The van der Waals surface area contributed by atoms with Gasteiger partial charge >= 0.3 is 0 Å². The number of pyridine rings is 1. The van der Waals surface area contributed by atoms with Gasteiger partial charge in [0.25, 0.3) is 0 Å². The summed E-state index contributed by atoms with van der Waals surface area (Å²) in [5.74, 6) is 1.88. The molecule has 0 aliphatic heterocycles. The number of para-hydroxylation sites is 3. The largest absolute Gasteiger partial charge is 0.309 e. The van der Waals surface area contributed by atoms with Gasteiger partial charge in [-0.25, -0.2) is 15.0 Å². The molecule has 4 aromatic heterocycles. The maximum atomic E-state index is 5.56. The van der Waals surface area contributed by atoms with Crippen molar-refractivity contribution >= 4 is 43.6 Å². The van der Waals surface area contributed by atoms with Crippen LogP contribution >= 0.6 is 0 Å². The van der Waals surface area contributed by atoms with E-state index in [1.165, 1.54) is 54.9 Å². The van der Waals surface area contributed by atoms with Crippen molar-refractivity contribution in [1.29, 1.82) is 0 Å². The Hall–Kier alpha value is -8.48. The van der Waals surface area contributed by atoms with Crippen LogP contribution in [0.2, 0.25) is 0 Å². The smallest absolute Gasteiger partial charge is 0.164 e. The van der Waals surface area contributed by atoms with E-state index in [0.29, 0.717) is 17.5 Å². The van der Waals surface area contributed by atoms with E-state index in [2.05, 4.69) is 274 Å². The van der Waals surface area contributed by atoms with E-state index >= 15 is 0 Å². The van der Waals surface area contributed by atoms with Crippen molar-refractivity contribution in [3.05, 3.63) is 217 Å². The summed E-state index contributed by atoms with van der Waals surface area (Å²) in [5, 5.41) is 4.75. The van der Waals surface area contributed by atoms with Crippen LogP contribution in [0.5, 0.6) is 0 Å². The van der Waals surface area contributed by atoms with Crippen LogP contribution in [0.3, 0.4) is 0 Å². The zero-order chi connectivity index (χ0) is 54.5. The molecule has 12 aromatic rings. The van der Waals surface area contributed by atoms with Gasteiger partial charge in [0.2, 0.25) is 0 Å². The van der Waals surface area contributed by atoms with E-state index < -0.39 is 0 Å². The van der Waals surface area contributed by atoms with Gasteiger partial charge in [0.1, 0.15) is 0 Å². The Kier molecular flexibility index (Phi) is 12.0. The standard InChI is InChI=1S/C72H68N6/c1-69(2,3)50-36-48(37-51(42-50)70(4,5)6)67-74-66(75-68(76-67)49-38-52(71(7,8)9)43-53(39-49)72(10,11)12)47-31-33-64(77-62-29-21-18-26-56(62)58-40-46(30-32-63(58)77)45-22-14-13-15-23-45)59(41-47)57-34-35-73-44-65(57)78-60-27-19-16-24-54(60)55-25-17-20-28-61(55)78/h13-44H,1-12H3. The summed E-state index contributed by atoms with van der Waals surface area (Å²) in [4.78, 5) is 21.5. The van der Waals surface area contributed by atoms with Gasteiger partial charge < -0.3 is 9.13 Å². The van der Waals surface area contributed by atoms with E-state index in [1.807, 2.05) is 12.4 Å². The third-order valence-corrected chi connectivity index (χ3v) is 15.7. The first-order valence-corrected chi connectivity index (χ1v) is 27.4. The molecule has 0 atom stereocenters. The maximum absolute atomic E-state index is 5.56. The van der Waals surface area contributed by atoms with Crippen LogP contribution in [0, 0.1) is 0 Å². The molecule has 0 unspecified atom stereocenters. The molecule has 6 heteroatoms. The van der Waals surface area contributed by atoms with Crippen LogP contribution in [0.25, 0.3) is 111 Å². The second-order valence-electron chi connectivity index (χ2n) is 25.3. The minimum Gasteiger partial charge on any atom is -0.309 e. The van der Waals surface area contributed by atoms with Crippen molar-refractivity contribution < 1.29 is 0 Å². The monoisotopic (exact) mass is 1020 g/mol. The van der Waals surface area contributed by atoms with Gasteiger partial charge in [0.05, 0.1) is 39.6 Å². The fraction of sp³-hybridized carbons (Fsp3) is 0.222. The third kappa shape index (κ3) is 9.07. The molecule has 0 radical (unpaired) electrons. The molecule has 12 rings (SSSR count). The Bertz CT molecular complexity index is 4080. The van der Waals surface area contributed by atoms with Gasteiger partial charge in [0, 0.05) is 55.6 Å². The van der Waals surface area contributed by atoms with Crippen LogP contribution in [0.4, 0.5) is 0 Å². The van der Waals surface area contributed by atoms with Crippen LogP contribution in [-0.2, 0) is 21.7 Å². The molecule has 6 nitrogen and oxygen atoms in total. The number of fused-ring (bicyclic) bond motifs is 6. The molecule has 0 spiro atoms. The Balaban J connectivity index is 1.17. The molecule has 8 aromatic carbocycles. The molecular formula is C72H68N6. The topological polar surface area (TPSA) is 61.4 Å². The molecule has 0 amide bonds. The average Bonchev–Trinajstić information content (AvgIpc) is 4.08. The van der Waals surface area contributed by atoms with Crippen molar-refractivity contribution in [2.75, 3.05) is 0 Å². The van der Waals surface area contributed by atoms with Crippen molar-refractivity contribution in [2.45, 2.75) is 105 Å². The van der Waals surface area contributed by atoms with E-state index in [-0.39, 0.29) is 21.7 Å². The van der Waals surface area contributed by atoms with Crippen molar-refractivity contribution in [3.63, 3.8) is 0 Å². The predicted molar refractivity (Wildman–Crippen MR) is 328 cm³/mol. The Morgan fingerprint density at radius 3 is 1.19 bits per heavy atom. The molecule has 0 saturated carbocycles. The van der Waals surface area contributed by atoms with Gasteiger partial charge in [0.15, 0.2) is 17.5 Å².